The SMILES string of the molecule is CC(C)(C)OC(=O)N1CC(N)(CN)C1. The minimum absolute atomic E-state index is 0.313. The van der Waals surface area contributed by atoms with Crippen molar-refractivity contribution in [1.82, 2.24) is 4.90 Å². The molecule has 4 N–H and O–H groups in total. The summed E-state index contributed by atoms with van der Waals surface area (Å²) >= 11 is 0. The van der Waals surface area contributed by atoms with E-state index in [0.29, 0.717) is 19.6 Å². The van der Waals surface area contributed by atoms with Crippen LogP contribution in [0.25, 0.3) is 0 Å². The summed E-state index contributed by atoms with van der Waals surface area (Å²) in [6.07, 6.45) is -0.313. The first-order chi connectivity index (χ1) is 6.26. The minimum Gasteiger partial charge on any atom is -0.444 e. The van der Waals surface area contributed by atoms with Gasteiger partial charge in [0.15, 0.2) is 0 Å². The van der Waals surface area contributed by atoms with Gasteiger partial charge in [0, 0.05) is 19.6 Å². The van der Waals surface area contributed by atoms with Crippen molar-refractivity contribution in [3.63, 3.8) is 0 Å². The number of carbonyl (C=O) groups is 1. The lowest BCUT2D eigenvalue weighted by Gasteiger charge is -2.46. The van der Waals surface area contributed by atoms with Crippen LogP contribution in [0.3, 0.4) is 0 Å². The van der Waals surface area contributed by atoms with Crippen molar-refractivity contribution in [2.24, 2.45) is 11.5 Å². The van der Waals surface area contributed by atoms with Crippen LogP contribution in [0.1, 0.15) is 20.8 Å². The molecular formula is C9H19N3O2. The average molecular weight is 201 g/mol. The third kappa shape index (κ3) is 2.59. The fourth-order valence-corrected chi connectivity index (χ4v) is 1.30. The van der Waals surface area contributed by atoms with Crippen LogP contribution >= 0.6 is 0 Å². The van der Waals surface area contributed by atoms with Gasteiger partial charge in [0.1, 0.15) is 5.60 Å². The van der Waals surface area contributed by atoms with Gasteiger partial charge < -0.3 is 21.1 Å². The van der Waals surface area contributed by atoms with Crippen LogP contribution in [-0.2, 0) is 4.74 Å². The van der Waals surface area contributed by atoms with Gasteiger partial charge in [-0.25, -0.2) is 4.79 Å². The Morgan fingerprint density at radius 2 is 2.00 bits per heavy atom. The third-order valence-corrected chi connectivity index (χ3v) is 2.07. The average Bonchev–Trinajstić information content (AvgIpc) is 1.95. The van der Waals surface area contributed by atoms with Crippen LogP contribution in [-0.4, -0.2) is 41.8 Å². The smallest absolute Gasteiger partial charge is 0.410 e. The van der Waals surface area contributed by atoms with Crippen molar-refractivity contribution in [2.75, 3.05) is 19.6 Å². The predicted molar refractivity (Wildman–Crippen MR) is 53.8 cm³/mol. The van der Waals surface area contributed by atoms with Crippen LogP contribution in [0.15, 0.2) is 0 Å². The molecule has 5 nitrogen and oxygen atoms in total. The number of likely N-dealkylation sites (tertiary alicyclic amines) is 1. The van der Waals surface area contributed by atoms with Gasteiger partial charge in [0.2, 0.25) is 0 Å². The Labute approximate surface area is 84.4 Å². The number of rotatable bonds is 1. The standard InChI is InChI=1S/C9H19N3O2/c1-8(2,3)14-7(13)12-5-9(11,4-10)6-12/h4-6,10-11H2,1-3H3. The lowest BCUT2D eigenvalue weighted by atomic mass is 9.92. The van der Waals surface area contributed by atoms with Crippen molar-refractivity contribution >= 4 is 6.09 Å². The maximum absolute atomic E-state index is 11.5. The zero-order valence-corrected chi connectivity index (χ0v) is 9.04. The first kappa shape index (κ1) is 11.3. The van der Waals surface area contributed by atoms with Gasteiger partial charge in [-0.1, -0.05) is 0 Å². The van der Waals surface area contributed by atoms with Crippen LogP contribution in [0.4, 0.5) is 4.79 Å². The molecule has 1 aliphatic heterocycles. The van der Waals surface area contributed by atoms with Gasteiger partial charge in [0.05, 0.1) is 5.54 Å². The van der Waals surface area contributed by atoms with Gasteiger partial charge in [-0.2, -0.15) is 0 Å². The van der Waals surface area contributed by atoms with Crippen LogP contribution in [0, 0.1) is 0 Å². The van der Waals surface area contributed by atoms with Crippen molar-refractivity contribution in [3.8, 4) is 0 Å². The third-order valence-electron chi connectivity index (χ3n) is 2.07. The van der Waals surface area contributed by atoms with E-state index in [1.807, 2.05) is 20.8 Å². The first-order valence-electron chi connectivity index (χ1n) is 4.73. The number of hydrogen-bond donors (Lipinski definition) is 2. The second-order valence-electron chi connectivity index (χ2n) is 4.90. The second kappa shape index (κ2) is 3.40. The predicted octanol–water partition coefficient (Wildman–Crippen LogP) is -0.107. The summed E-state index contributed by atoms with van der Waals surface area (Å²) in [5.41, 5.74) is 10.4. The van der Waals surface area contributed by atoms with E-state index in [4.69, 9.17) is 16.2 Å². The summed E-state index contributed by atoms with van der Waals surface area (Å²) < 4.78 is 5.17. The molecule has 0 radical (unpaired) electrons. The zero-order valence-electron chi connectivity index (χ0n) is 9.04. The number of ether oxygens (including phenoxy) is 1. The molecule has 1 saturated heterocycles. The lowest BCUT2D eigenvalue weighted by molar-refractivity contribution is -0.00626. The highest BCUT2D eigenvalue weighted by Gasteiger charge is 2.42. The van der Waals surface area contributed by atoms with Gasteiger partial charge in [0.25, 0.3) is 0 Å². The fraction of sp³-hybridized carbons (Fsp3) is 0.889. The molecule has 1 amide bonds. The molecule has 0 aromatic rings. The van der Waals surface area contributed by atoms with Crippen molar-refractivity contribution in [2.45, 2.75) is 31.9 Å². The monoisotopic (exact) mass is 201 g/mol. The minimum atomic E-state index is -0.452. The Morgan fingerprint density at radius 3 is 2.36 bits per heavy atom. The van der Waals surface area contributed by atoms with Gasteiger partial charge >= 0.3 is 6.09 Å². The van der Waals surface area contributed by atoms with Crippen molar-refractivity contribution in [3.05, 3.63) is 0 Å². The largest absolute Gasteiger partial charge is 0.444 e. The van der Waals surface area contributed by atoms with Crippen molar-refractivity contribution < 1.29 is 9.53 Å². The summed E-state index contributed by atoms with van der Waals surface area (Å²) in [6.45, 7) is 6.87. The quantitative estimate of drug-likeness (QED) is 0.620. The molecule has 0 spiro atoms. The van der Waals surface area contributed by atoms with E-state index in [9.17, 15) is 4.79 Å². The normalized spacial score (nSPS) is 20.2. The van der Waals surface area contributed by atoms with Crippen LogP contribution < -0.4 is 11.5 Å². The number of nitrogens with zero attached hydrogens (tertiary/aromatic N) is 1. The number of hydrogen-bond acceptors (Lipinski definition) is 4. The fourth-order valence-electron chi connectivity index (χ4n) is 1.30. The maximum Gasteiger partial charge on any atom is 0.410 e. The van der Waals surface area contributed by atoms with E-state index in [2.05, 4.69) is 0 Å². The molecule has 1 heterocycles. The van der Waals surface area contributed by atoms with Crippen molar-refractivity contribution in [1.29, 1.82) is 0 Å². The highest BCUT2D eigenvalue weighted by Crippen LogP contribution is 2.20. The number of amides is 1. The molecule has 82 valence electrons. The molecule has 0 bridgehead atoms. The molecule has 0 aromatic carbocycles. The molecule has 1 aliphatic rings. The van der Waals surface area contributed by atoms with E-state index in [1.54, 1.807) is 4.90 Å². The summed E-state index contributed by atoms with van der Waals surface area (Å²) in [5.74, 6) is 0. The Balaban J connectivity index is 2.37. The summed E-state index contributed by atoms with van der Waals surface area (Å²) in [4.78, 5) is 13.0. The molecule has 0 saturated carbocycles. The molecular weight excluding hydrogens is 182 g/mol. The Hall–Kier alpha value is -0.810. The molecule has 0 aromatic heterocycles. The Kier molecular flexibility index (Phi) is 2.74. The molecule has 1 rings (SSSR count). The zero-order chi connectivity index (χ0) is 11.0. The second-order valence-corrected chi connectivity index (χ2v) is 4.90. The van der Waals surface area contributed by atoms with E-state index in [-0.39, 0.29) is 6.09 Å². The van der Waals surface area contributed by atoms with Crippen LogP contribution in [0.5, 0.6) is 0 Å². The molecule has 5 heteroatoms. The number of carbonyl (C=O) groups excluding carboxylic acids is 1. The van der Waals surface area contributed by atoms with Gasteiger partial charge in [-0.05, 0) is 20.8 Å². The Bertz CT molecular complexity index is 229. The molecule has 0 aliphatic carbocycles. The van der Waals surface area contributed by atoms with E-state index in [1.165, 1.54) is 0 Å². The van der Waals surface area contributed by atoms with E-state index < -0.39 is 11.1 Å². The Morgan fingerprint density at radius 1 is 1.50 bits per heavy atom. The van der Waals surface area contributed by atoms with Gasteiger partial charge in [-0.3, -0.25) is 0 Å². The van der Waals surface area contributed by atoms with Crippen LogP contribution in [0.2, 0.25) is 0 Å². The molecule has 14 heavy (non-hydrogen) atoms. The molecule has 0 atom stereocenters. The summed E-state index contributed by atoms with van der Waals surface area (Å²) in [6, 6.07) is 0. The lowest BCUT2D eigenvalue weighted by Crippen LogP contribution is -2.72. The molecule has 0 unspecified atom stereocenters. The maximum atomic E-state index is 11.5. The summed E-state index contributed by atoms with van der Waals surface area (Å²) in [5, 5.41) is 0. The molecule has 1 fully saturated rings. The van der Waals surface area contributed by atoms with E-state index in [0.717, 1.165) is 0 Å². The van der Waals surface area contributed by atoms with Gasteiger partial charge in [-0.15, -0.1) is 0 Å². The topological polar surface area (TPSA) is 81.6 Å². The van der Waals surface area contributed by atoms with E-state index >= 15 is 0 Å². The summed E-state index contributed by atoms with van der Waals surface area (Å²) in [7, 11) is 0. The highest BCUT2D eigenvalue weighted by molar-refractivity contribution is 5.69. The first-order valence-corrected chi connectivity index (χ1v) is 4.73. The number of nitrogens with two attached hydrogens (primary N) is 2. The highest BCUT2D eigenvalue weighted by atomic mass is 16.6.